The number of halogens is 2. The van der Waals surface area contributed by atoms with E-state index >= 15 is 0 Å². The van der Waals surface area contributed by atoms with Gasteiger partial charge in [0.25, 0.3) is 0 Å². The number of thiophene rings is 1. The number of amides is 1. The molecule has 0 aliphatic rings. The molecule has 0 aromatic carbocycles. The standard InChI is InChI=1S/C10H13Br2NO2S/c1-5-6(8(12)16-7(5)11)15-9(14)13-10(2,3)4/h1-4H3,(H,13,14). The molecule has 3 nitrogen and oxygen atoms in total. The van der Waals surface area contributed by atoms with E-state index in [4.69, 9.17) is 4.74 Å². The Labute approximate surface area is 116 Å². The second-order valence-corrected chi connectivity index (χ2v) is 8.02. The summed E-state index contributed by atoms with van der Waals surface area (Å²) in [6, 6.07) is 0. The van der Waals surface area contributed by atoms with Gasteiger partial charge in [-0.2, -0.15) is 0 Å². The zero-order valence-electron chi connectivity index (χ0n) is 9.48. The first-order valence-corrected chi connectivity index (χ1v) is 7.05. The molecule has 0 radical (unpaired) electrons. The van der Waals surface area contributed by atoms with Crippen LogP contribution in [0.3, 0.4) is 0 Å². The lowest BCUT2D eigenvalue weighted by Gasteiger charge is -2.19. The van der Waals surface area contributed by atoms with Crippen LogP contribution in [0.2, 0.25) is 0 Å². The van der Waals surface area contributed by atoms with E-state index in [1.54, 1.807) is 0 Å². The molecule has 0 atom stereocenters. The molecule has 1 rings (SSSR count). The maximum atomic E-state index is 11.6. The zero-order valence-corrected chi connectivity index (χ0v) is 13.5. The van der Waals surface area contributed by atoms with E-state index < -0.39 is 6.09 Å². The minimum atomic E-state index is -0.443. The first-order valence-electron chi connectivity index (χ1n) is 4.65. The first kappa shape index (κ1) is 14.0. The largest absolute Gasteiger partial charge is 0.413 e. The minimum Gasteiger partial charge on any atom is -0.408 e. The molecule has 0 unspecified atom stereocenters. The van der Waals surface area contributed by atoms with Gasteiger partial charge in [0.15, 0.2) is 5.75 Å². The van der Waals surface area contributed by atoms with Crippen LogP contribution in [0.5, 0.6) is 5.75 Å². The van der Waals surface area contributed by atoms with Crippen LogP contribution in [0.4, 0.5) is 4.79 Å². The maximum Gasteiger partial charge on any atom is 0.413 e. The molecule has 0 aliphatic carbocycles. The van der Waals surface area contributed by atoms with Gasteiger partial charge in [-0.3, -0.25) is 0 Å². The molecule has 1 N–H and O–H groups in total. The summed E-state index contributed by atoms with van der Waals surface area (Å²) in [4.78, 5) is 11.6. The number of carbonyl (C=O) groups excluding carboxylic acids is 1. The van der Waals surface area contributed by atoms with Crippen molar-refractivity contribution in [3.05, 3.63) is 13.1 Å². The van der Waals surface area contributed by atoms with Crippen molar-refractivity contribution in [2.75, 3.05) is 0 Å². The molecule has 0 spiro atoms. The third-order valence-electron chi connectivity index (χ3n) is 1.66. The van der Waals surface area contributed by atoms with Gasteiger partial charge in [0, 0.05) is 11.1 Å². The number of rotatable bonds is 1. The second-order valence-electron chi connectivity index (χ2n) is 4.37. The van der Waals surface area contributed by atoms with Gasteiger partial charge in [-0.25, -0.2) is 4.79 Å². The van der Waals surface area contributed by atoms with E-state index in [1.165, 1.54) is 11.3 Å². The van der Waals surface area contributed by atoms with Crippen molar-refractivity contribution in [1.82, 2.24) is 5.32 Å². The fourth-order valence-electron chi connectivity index (χ4n) is 0.979. The Morgan fingerprint density at radius 2 is 1.88 bits per heavy atom. The number of hydrogen-bond donors (Lipinski definition) is 1. The predicted molar refractivity (Wildman–Crippen MR) is 73.4 cm³/mol. The molecule has 90 valence electrons. The Kier molecular flexibility index (Phi) is 4.42. The molecule has 1 amide bonds. The summed E-state index contributed by atoms with van der Waals surface area (Å²) in [5.41, 5.74) is 0.617. The lowest BCUT2D eigenvalue weighted by atomic mass is 10.1. The van der Waals surface area contributed by atoms with Crippen LogP contribution >= 0.6 is 43.2 Å². The first-order chi connectivity index (χ1) is 7.20. The number of hydrogen-bond acceptors (Lipinski definition) is 3. The normalized spacial score (nSPS) is 11.4. The van der Waals surface area contributed by atoms with Gasteiger partial charge in [-0.15, -0.1) is 11.3 Å². The summed E-state index contributed by atoms with van der Waals surface area (Å²) >= 11 is 8.24. The molecular formula is C10H13Br2NO2S. The highest BCUT2D eigenvalue weighted by Gasteiger charge is 2.19. The van der Waals surface area contributed by atoms with Crippen LogP contribution in [-0.4, -0.2) is 11.6 Å². The minimum absolute atomic E-state index is 0.301. The van der Waals surface area contributed by atoms with Crippen molar-refractivity contribution < 1.29 is 9.53 Å². The Morgan fingerprint density at radius 1 is 1.31 bits per heavy atom. The number of carbonyl (C=O) groups is 1. The topological polar surface area (TPSA) is 38.3 Å². The van der Waals surface area contributed by atoms with Crippen LogP contribution in [0.25, 0.3) is 0 Å². The van der Waals surface area contributed by atoms with Gasteiger partial charge in [-0.05, 0) is 59.6 Å². The van der Waals surface area contributed by atoms with Gasteiger partial charge in [0.05, 0.1) is 3.79 Å². The van der Waals surface area contributed by atoms with Gasteiger partial charge in [0.2, 0.25) is 0 Å². The van der Waals surface area contributed by atoms with E-state index in [9.17, 15) is 4.79 Å². The van der Waals surface area contributed by atoms with Gasteiger partial charge < -0.3 is 10.1 Å². The van der Waals surface area contributed by atoms with E-state index in [0.29, 0.717) is 5.75 Å². The van der Waals surface area contributed by atoms with E-state index in [2.05, 4.69) is 37.2 Å². The molecule has 0 bridgehead atoms. The predicted octanol–water partition coefficient (Wildman–Crippen LogP) is 4.47. The molecule has 0 fully saturated rings. The van der Waals surface area contributed by atoms with E-state index in [1.807, 2.05) is 27.7 Å². The Bertz CT molecular complexity index is 410. The van der Waals surface area contributed by atoms with Crippen LogP contribution in [0.1, 0.15) is 26.3 Å². The fraction of sp³-hybridized carbons (Fsp3) is 0.500. The molecule has 0 saturated heterocycles. The summed E-state index contributed by atoms with van der Waals surface area (Å²) in [6.07, 6.45) is -0.443. The summed E-state index contributed by atoms with van der Waals surface area (Å²) in [5, 5.41) is 2.74. The van der Waals surface area contributed by atoms with Crippen LogP contribution in [0.15, 0.2) is 7.57 Å². The van der Waals surface area contributed by atoms with Crippen molar-refractivity contribution >= 4 is 49.3 Å². The highest BCUT2D eigenvalue weighted by Crippen LogP contribution is 2.42. The summed E-state index contributed by atoms with van der Waals surface area (Å²) in [5.74, 6) is 0.568. The Hall–Kier alpha value is -0.0700. The third-order valence-corrected chi connectivity index (χ3v) is 4.44. The summed E-state index contributed by atoms with van der Waals surface area (Å²) < 4.78 is 7.02. The number of nitrogens with one attached hydrogen (secondary N) is 1. The maximum absolute atomic E-state index is 11.6. The molecule has 0 aliphatic heterocycles. The monoisotopic (exact) mass is 369 g/mol. The summed E-state index contributed by atoms with van der Waals surface area (Å²) in [7, 11) is 0. The molecule has 1 aromatic heterocycles. The van der Waals surface area contributed by atoms with Crippen molar-refractivity contribution in [3.63, 3.8) is 0 Å². The van der Waals surface area contributed by atoms with Gasteiger partial charge in [0.1, 0.15) is 3.79 Å². The third kappa shape index (κ3) is 3.75. The lowest BCUT2D eigenvalue weighted by molar-refractivity contribution is 0.190. The van der Waals surface area contributed by atoms with E-state index in [0.717, 1.165) is 13.1 Å². The van der Waals surface area contributed by atoms with Crippen LogP contribution in [-0.2, 0) is 0 Å². The molecule has 0 saturated carbocycles. The van der Waals surface area contributed by atoms with E-state index in [-0.39, 0.29) is 5.54 Å². The zero-order chi connectivity index (χ0) is 12.5. The molecule has 16 heavy (non-hydrogen) atoms. The lowest BCUT2D eigenvalue weighted by Crippen LogP contribution is -2.42. The fourth-order valence-corrected chi connectivity index (χ4v) is 3.85. The highest BCUT2D eigenvalue weighted by atomic mass is 79.9. The average molecular weight is 371 g/mol. The quantitative estimate of drug-likeness (QED) is 0.791. The highest BCUT2D eigenvalue weighted by molar-refractivity contribution is 9.12. The van der Waals surface area contributed by atoms with Crippen molar-refractivity contribution in [1.29, 1.82) is 0 Å². The molecule has 1 heterocycles. The average Bonchev–Trinajstić information content (AvgIpc) is 2.29. The Morgan fingerprint density at radius 3 is 2.25 bits per heavy atom. The molecular weight excluding hydrogens is 358 g/mol. The van der Waals surface area contributed by atoms with Crippen LogP contribution in [0, 0.1) is 6.92 Å². The van der Waals surface area contributed by atoms with Crippen molar-refractivity contribution in [3.8, 4) is 5.75 Å². The smallest absolute Gasteiger partial charge is 0.408 e. The molecule has 6 heteroatoms. The van der Waals surface area contributed by atoms with Gasteiger partial charge in [-0.1, -0.05) is 0 Å². The SMILES string of the molecule is Cc1c(Br)sc(Br)c1OC(=O)NC(C)(C)C. The summed E-state index contributed by atoms with van der Waals surface area (Å²) in [6.45, 7) is 7.60. The van der Waals surface area contributed by atoms with Crippen LogP contribution < -0.4 is 10.1 Å². The molecule has 1 aromatic rings. The van der Waals surface area contributed by atoms with Crippen molar-refractivity contribution in [2.45, 2.75) is 33.2 Å². The second kappa shape index (κ2) is 5.06. The Balaban J connectivity index is 2.78. The number of ether oxygens (including phenoxy) is 1. The van der Waals surface area contributed by atoms with Crippen molar-refractivity contribution in [2.24, 2.45) is 0 Å². The van der Waals surface area contributed by atoms with Gasteiger partial charge >= 0.3 is 6.09 Å².